The van der Waals surface area contributed by atoms with Gasteiger partial charge in [0.05, 0.1) is 12.1 Å². The first-order valence-corrected chi connectivity index (χ1v) is 6.33. The van der Waals surface area contributed by atoms with Crippen LogP contribution in [0.25, 0.3) is 0 Å². The van der Waals surface area contributed by atoms with Gasteiger partial charge >= 0.3 is 0 Å². The molecule has 2 nitrogen and oxygen atoms in total. The highest BCUT2D eigenvalue weighted by molar-refractivity contribution is 6.32. The molecule has 1 aromatic rings. The summed E-state index contributed by atoms with van der Waals surface area (Å²) < 4.78 is 5.19. The highest BCUT2D eigenvalue weighted by atomic mass is 35.5. The number of benzene rings is 1. The lowest BCUT2D eigenvalue weighted by Gasteiger charge is -2.18. The van der Waals surface area contributed by atoms with Gasteiger partial charge in [0, 0.05) is 5.54 Å². The second kappa shape index (κ2) is 5.74. The van der Waals surface area contributed by atoms with Crippen LogP contribution in [0.5, 0.6) is 5.75 Å². The van der Waals surface area contributed by atoms with E-state index in [-0.39, 0.29) is 5.54 Å². The lowest BCUT2D eigenvalue weighted by molar-refractivity contribution is 0.414. The van der Waals surface area contributed by atoms with E-state index in [0.29, 0.717) is 5.02 Å². The summed E-state index contributed by atoms with van der Waals surface area (Å²) in [5.74, 6) is 0.743. The van der Waals surface area contributed by atoms with Crippen molar-refractivity contribution in [1.82, 2.24) is 0 Å². The van der Waals surface area contributed by atoms with Gasteiger partial charge in [-0.15, -0.1) is 0 Å². The summed E-state index contributed by atoms with van der Waals surface area (Å²) in [6.07, 6.45) is 3.10. The Morgan fingerprint density at radius 3 is 2.53 bits per heavy atom. The van der Waals surface area contributed by atoms with Crippen molar-refractivity contribution >= 4 is 11.6 Å². The van der Waals surface area contributed by atoms with Crippen LogP contribution in [0.3, 0.4) is 0 Å². The number of rotatable bonds is 5. The predicted molar refractivity (Wildman–Crippen MR) is 73.9 cm³/mol. The maximum Gasteiger partial charge on any atom is 0.137 e. The monoisotopic (exact) mass is 255 g/mol. The Bertz CT molecular complexity index is 383. The van der Waals surface area contributed by atoms with Gasteiger partial charge in [-0.1, -0.05) is 11.6 Å². The van der Waals surface area contributed by atoms with Gasteiger partial charge in [0.15, 0.2) is 0 Å². The molecule has 1 rings (SSSR count). The number of hydrogen-bond donors (Lipinski definition) is 1. The number of aryl methyl sites for hydroxylation is 2. The minimum absolute atomic E-state index is 0.0931. The van der Waals surface area contributed by atoms with E-state index >= 15 is 0 Å². The minimum atomic E-state index is -0.0931. The van der Waals surface area contributed by atoms with E-state index in [2.05, 4.69) is 20.8 Å². The van der Waals surface area contributed by atoms with Crippen molar-refractivity contribution in [2.75, 3.05) is 7.11 Å². The zero-order valence-electron chi connectivity index (χ0n) is 11.1. The minimum Gasteiger partial charge on any atom is -0.495 e. The standard InChI is InChI=1S/C14H22ClNO/c1-10-8-13(17-4)12(15)9-11(10)6-5-7-14(2,3)16/h8-9H,5-7,16H2,1-4H3. The van der Waals surface area contributed by atoms with Gasteiger partial charge in [-0.3, -0.25) is 0 Å². The Morgan fingerprint density at radius 1 is 1.35 bits per heavy atom. The molecule has 0 amide bonds. The molecule has 0 aliphatic carbocycles. The van der Waals surface area contributed by atoms with E-state index in [0.717, 1.165) is 25.0 Å². The maximum atomic E-state index is 6.12. The summed E-state index contributed by atoms with van der Waals surface area (Å²) >= 11 is 6.12. The average Bonchev–Trinajstić information content (AvgIpc) is 2.20. The Kier molecular flexibility index (Phi) is 4.84. The van der Waals surface area contributed by atoms with Crippen molar-refractivity contribution in [3.05, 3.63) is 28.3 Å². The molecule has 0 heterocycles. The van der Waals surface area contributed by atoms with Crippen molar-refractivity contribution < 1.29 is 4.74 Å². The zero-order chi connectivity index (χ0) is 13.1. The second-order valence-electron chi connectivity index (χ2n) is 5.26. The van der Waals surface area contributed by atoms with E-state index < -0.39 is 0 Å². The molecule has 0 atom stereocenters. The number of nitrogens with two attached hydrogens (primary N) is 1. The largest absolute Gasteiger partial charge is 0.495 e. The Hall–Kier alpha value is -0.730. The SMILES string of the molecule is COc1cc(C)c(CCCC(C)(C)N)cc1Cl. The summed E-state index contributed by atoms with van der Waals surface area (Å²) in [4.78, 5) is 0. The number of methoxy groups -OCH3 is 1. The lowest BCUT2D eigenvalue weighted by atomic mass is 9.95. The smallest absolute Gasteiger partial charge is 0.137 e. The quantitative estimate of drug-likeness (QED) is 0.870. The van der Waals surface area contributed by atoms with Crippen molar-refractivity contribution in [2.24, 2.45) is 5.73 Å². The van der Waals surface area contributed by atoms with Gasteiger partial charge in [0.1, 0.15) is 5.75 Å². The summed E-state index contributed by atoms with van der Waals surface area (Å²) in [7, 11) is 1.64. The first-order chi connectivity index (χ1) is 7.83. The molecule has 0 unspecified atom stereocenters. The highest BCUT2D eigenvalue weighted by Crippen LogP contribution is 2.28. The molecular weight excluding hydrogens is 234 g/mol. The fraction of sp³-hybridized carbons (Fsp3) is 0.571. The normalized spacial score (nSPS) is 11.6. The molecule has 2 N–H and O–H groups in total. The van der Waals surface area contributed by atoms with Gasteiger partial charge < -0.3 is 10.5 Å². The fourth-order valence-electron chi connectivity index (χ4n) is 1.86. The molecule has 0 radical (unpaired) electrons. The van der Waals surface area contributed by atoms with Crippen LogP contribution in [-0.4, -0.2) is 12.6 Å². The van der Waals surface area contributed by atoms with Crippen molar-refractivity contribution in [3.63, 3.8) is 0 Å². The van der Waals surface area contributed by atoms with Crippen LogP contribution in [0.4, 0.5) is 0 Å². The number of ether oxygens (including phenoxy) is 1. The molecule has 0 spiro atoms. The van der Waals surface area contributed by atoms with Crippen molar-refractivity contribution in [2.45, 2.75) is 45.6 Å². The number of hydrogen-bond acceptors (Lipinski definition) is 2. The van der Waals surface area contributed by atoms with Gasteiger partial charge in [-0.25, -0.2) is 0 Å². The highest BCUT2D eigenvalue weighted by Gasteiger charge is 2.11. The lowest BCUT2D eigenvalue weighted by Crippen LogP contribution is -2.31. The summed E-state index contributed by atoms with van der Waals surface area (Å²) in [6.45, 7) is 6.20. The van der Waals surface area contributed by atoms with E-state index in [1.54, 1.807) is 7.11 Å². The third kappa shape index (κ3) is 4.57. The Balaban J connectivity index is 2.69. The van der Waals surface area contributed by atoms with E-state index in [4.69, 9.17) is 22.1 Å². The summed E-state index contributed by atoms with van der Waals surface area (Å²) in [6, 6.07) is 3.99. The summed E-state index contributed by atoms with van der Waals surface area (Å²) in [5, 5.41) is 0.681. The van der Waals surface area contributed by atoms with Crippen LogP contribution in [0, 0.1) is 6.92 Å². The van der Waals surface area contributed by atoms with Crippen molar-refractivity contribution in [3.8, 4) is 5.75 Å². The molecule has 0 bridgehead atoms. The van der Waals surface area contributed by atoms with Crippen LogP contribution in [0.15, 0.2) is 12.1 Å². The zero-order valence-corrected chi connectivity index (χ0v) is 11.9. The van der Waals surface area contributed by atoms with Crippen molar-refractivity contribution in [1.29, 1.82) is 0 Å². The van der Waals surface area contributed by atoms with Gasteiger partial charge in [0.25, 0.3) is 0 Å². The Labute approximate surface area is 109 Å². The topological polar surface area (TPSA) is 35.2 Å². The van der Waals surface area contributed by atoms with Gasteiger partial charge in [-0.2, -0.15) is 0 Å². The molecule has 0 saturated heterocycles. The van der Waals surface area contributed by atoms with E-state index in [1.807, 2.05) is 12.1 Å². The molecule has 0 fully saturated rings. The van der Waals surface area contributed by atoms with E-state index in [1.165, 1.54) is 11.1 Å². The van der Waals surface area contributed by atoms with Crippen LogP contribution in [0.1, 0.15) is 37.8 Å². The first kappa shape index (κ1) is 14.3. The second-order valence-corrected chi connectivity index (χ2v) is 5.66. The summed E-state index contributed by atoms with van der Waals surface area (Å²) in [5.41, 5.74) is 8.38. The third-order valence-electron chi connectivity index (χ3n) is 2.88. The molecule has 0 saturated carbocycles. The molecule has 1 aromatic carbocycles. The molecule has 17 heavy (non-hydrogen) atoms. The van der Waals surface area contributed by atoms with Crippen LogP contribution >= 0.6 is 11.6 Å². The average molecular weight is 256 g/mol. The molecule has 96 valence electrons. The van der Waals surface area contributed by atoms with Crippen LogP contribution < -0.4 is 10.5 Å². The fourth-order valence-corrected chi connectivity index (χ4v) is 2.12. The molecular formula is C14H22ClNO. The van der Waals surface area contributed by atoms with Crippen LogP contribution in [-0.2, 0) is 6.42 Å². The molecule has 3 heteroatoms. The molecule has 0 aromatic heterocycles. The molecule has 0 aliphatic rings. The van der Waals surface area contributed by atoms with Gasteiger partial charge in [-0.05, 0) is 63.3 Å². The Morgan fingerprint density at radius 2 is 2.00 bits per heavy atom. The molecule has 0 aliphatic heterocycles. The predicted octanol–water partition coefficient (Wildman–Crippen LogP) is 3.72. The maximum absolute atomic E-state index is 6.12. The van der Waals surface area contributed by atoms with E-state index in [9.17, 15) is 0 Å². The number of halogens is 1. The van der Waals surface area contributed by atoms with Gasteiger partial charge in [0.2, 0.25) is 0 Å². The third-order valence-corrected chi connectivity index (χ3v) is 3.17. The first-order valence-electron chi connectivity index (χ1n) is 5.95. The van der Waals surface area contributed by atoms with Crippen LogP contribution in [0.2, 0.25) is 5.02 Å².